The van der Waals surface area contributed by atoms with Gasteiger partial charge in [-0.3, -0.25) is 0 Å². The Morgan fingerprint density at radius 2 is 2.00 bits per heavy atom. The molecule has 1 aromatic heterocycles. The normalized spacial score (nSPS) is 13.6. The summed E-state index contributed by atoms with van der Waals surface area (Å²) in [5.74, 6) is 2.09. The van der Waals surface area contributed by atoms with Crippen molar-refractivity contribution in [2.45, 2.75) is 18.8 Å². The third-order valence-corrected chi connectivity index (χ3v) is 3.31. The zero-order valence-corrected chi connectivity index (χ0v) is 11.5. The number of halogens is 1. The summed E-state index contributed by atoms with van der Waals surface area (Å²) in [6.07, 6.45) is 2.21. The molecule has 0 amide bonds. The topological polar surface area (TPSA) is 73.6 Å². The predicted molar refractivity (Wildman–Crippen MR) is 78.0 cm³/mol. The minimum atomic E-state index is -0.436. The highest BCUT2D eigenvalue weighted by molar-refractivity contribution is 5.66. The molecule has 1 aromatic carbocycles. The van der Waals surface area contributed by atoms with E-state index in [4.69, 9.17) is 5.26 Å². The molecule has 1 saturated carbocycles. The molecule has 0 unspecified atom stereocenters. The van der Waals surface area contributed by atoms with Crippen LogP contribution in [0.5, 0.6) is 0 Å². The number of benzene rings is 1. The van der Waals surface area contributed by atoms with E-state index in [1.54, 1.807) is 13.1 Å². The van der Waals surface area contributed by atoms with Crippen LogP contribution in [0, 0.1) is 17.1 Å². The summed E-state index contributed by atoms with van der Waals surface area (Å²) in [5, 5.41) is 15.1. The summed E-state index contributed by atoms with van der Waals surface area (Å²) in [6, 6.07) is 7.78. The van der Waals surface area contributed by atoms with Crippen molar-refractivity contribution in [3.05, 3.63) is 41.5 Å². The van der Waals surface area contributed by atoms with Crippen molar-refractivity contribution in [2.24, 2.45) is 0 Å². The lowest BCUT2D eigenvalue weighted by molar-refractivity contribution is 0.627. The molecule has 21 heavy (non-hydrogen) atoms. The summed E-state index contributed by atoms with van der Waals surface area (Å²) in [5.41, 5.74) is 0.772. The first kappa shape index (κ1) is 13.3. The fraction of sp³-hybridized carbons (Fsp3) is 0.267. The highest BCUT2D eigenvalue weighted by atomic mass is 19.1. The van der Waals surface area contributed by atoms with Gasteiger partial charge in [-0.1, -0.05) is 0 Å². The smallest absolute Gasteiger partial charge is 0.136 e. The van der Waals surface area contributed by atoms with E-state index in [0.717, 1.165) is 24.5 Å². The second kappa shape index (κ2) is 5.37. The molecule has 1 aliphatic carbocycles. The number of nitriles is 1. The first-order valence-electron chi connectivity index (χ1n) is 6.73. The Labute approximate surface area is 121 Å². The van der Waals surface area contributed by atoms with E-state index in [1.807, 2.05) is 6.07 Å². The van der Waals surface area contributed by atoms with E-state index in [9.17, 15) is 4.39 Å². The average Bonchev–Trinajstić information content (AvgIpc) is 3.33. The molecule has 3 rings (SSSR count). The second-order valence-corrected chi connectivity index (χ2v) is 4.95. The molecule has 5 nitrogen and oxygen atoms in total. The van der Waals surface area contributed by atoms with Crippen LogP contribution in [0.25, 0.3) is 0 Å². The summed E-state index contributed by atoms with van der Waals surface area (Å²) >= 11 is 0. The molecule has 1 fully saturated rings. The first-order chi connectivity index (χ1) is 10.2. The van der Waals surface area contributed by atoms with Crippen LogP contribution in [0.3, 0.4) is 0 Å². The van der Waals surface area contributed by atoms with Crippen molar-refractivity contribution in [1.29, 1.82) is 5.26 Å². The van der Waals surface area contributed by atoms with Crippen molar-refractivity contribution in [2.75, 3.05) is 17.7 Å². The molecule has 0 bridgehead atoms. The monoisotopic (exact) mass is 283 g/mol. The van der Waals surface area contributed by atoms with E-state index in [-0.39, 0.29) is 5.56 Å². The van der Waals surface area contributed by atoms with Crippen molar-refractivity contribution in [3.8, 4) is 6.07 Å². The van der Waals surface area contributed by atoms with Crippen LogP contribution in [0.15, 0.2) is 24.3 Å². The van der Waals surface area contributed by atoms with E-state index in [2.05, 4.69) is 20.6 Å². The molecule has 6 heteroatoms. The lowest BCUT2D eigenvalue weighted by atomic mass is 10.2. The van der Waals surface area contributed by atoms with Gasteiger partial charge in [-0.2, -0.15) is 5.26 Å². The molecule has 0 saturated heterocycles. The molecule has 1 aliphatic rings. The number of nitrogens with one attached hydrogen (secondary N) is 2. The minimum absolute atomic E-state index is 0.243. The van der Waals surface area contributed by atoms with Gasteiger partial charge in [0.15, 0.2) is 0 Å². The number of nitrogens with zero attached hydrogens (tertiary/aromatic N) is 3. The fourth-order valence-corrected chi connectivity index (χ4v) is 2.04. The Bertz CT molecular complexity index is 718. The Hall–Kier alpha value is -2.68. The van der Waals surface area contributed by atoms with Crippen LogP contribution < -0.4 is 10.6 Å². The van der Waals surface area contributed by atoms with Gasteiger partial charge in [0.05, 0.1) is 11.3 Å². The Kier molecular flexibility index (Phi) is 3.40. The van der Waals surface area contributed by atoms with Gasteiger partial charge in [-0.15, -0.1) is 0 Å². The van der Waals surface area contributed by atoms with Gasteiger partial charge in [0.25, 0.3) is 0 Å². The average molecular weight is 283 g/mol. The van der Waals surface area contributed by atoms with Gasteiger partial charge in [-0.25, -0.2) is 14.4 Å². The van der Waals surface area contributed by atoms with Crippen LogP contribution in [0.1, 0.15) is 30.1 Å². The molecular formula is C15H14FN5. The Morgan fingerprint density at radius 1 is 1.24 bits per heavy atom. The number of aromatic nitrogens is 2. The van der Waals surface area contributed by atoms with E-state index >= 15 is 0 Å². The molecular weight excluding hydrogens is 269 g/mol. The van der Waals surface area contributed by atoms with Gasteiger partial charge in [0.2, 0.25) is 0 Å². The molecule has 1 heterocycles. The van der Waals surface area contributed by atoms with Crippen LogP contribution in [-0.2, 0) is 0 Å². The number of rotatable bonds is 4. The molecule has 2 aromatic rings. The first-order valence-corrected chi connectivity index (χ1v) is 6.73. The van der Waals surface area contributed by atoms with Crippen LogP contribution >= 0.6 is 0 Å². The summed E-state index contributed by atoms with van der Waals surface area (Å²) in [6.45, 7) is 0. The largest absolute Gasteiger partial charge is 0.373 e. The number of hydrogen-bond donors (Lipinski definition) is 2. The Morgan fingerprint density at radius 3 is 2.67 bits per heavy atom. The van der Waals surface area contributed by atoms with E-state index in [1.165, 1.54) is 18.2 Å². The standard InChI is InChI=1S/C15H14FN5/c1-18-13-7-14(21-15(20-13)9-2-3-9)19-12-5-4-11(16)6-10(12)8-17/h4-7,9H,2-3H2,1H3,(H2,18,19,20,21). The molecule has 0 radical (unpaired) electrons. The lowest BCUT2D eigenvalue weighted by Crippen LogP contribution is -2.04. The SMILES string of the molecule is CNc1cc(Nc2ccc(F)cc2C#N)nc(C2CC2)n1. The number of anilines is 3. The van der Waals surface area contributed by atoms with Crippen molar-refractivity contribution in [3.63, 3.8) is 0 Å². The zero-order chi connectivity index (χ0) is 14.8. The summed E-state index contributed by atoms with van der Waals surface area (Å²) in [7, 11) is 1.79. The molecule has 2 N–H and O–H groups in total. The highest BCUT2D eigenvalue weighted by Gasteiger charge is 2.27. The van der Waals surface area contributed by atoms with E-state index in [0.29, 0.717) is 17.4 Å². The maximum absolute atomic E-state index is 13.2. The minimum Gasteiger partial charge on any atom is -0.373 e. The van der Waals surface area contributed by atoms with Gasteiger partial charge >= 0.3 is 0 Å². The maximum Gasteiger partial charge on any atom is 0.136 e. The van der Waals surface area contributed by atoms with Gasteiger partial charge < -0.3 is 10.6 Å². The molecule has 0 aliphatic heterocycles. The van der Waals surface area contributed by atoms with E-state index < -0.39 is 5.82 Å². The lowest BCUT2D eigenvalue weighted by Gasteiger charge is -2.10. The fourth-order valence-electron chi connectivity index (χ4n) is 2.04. The van der Waals surface area contributed by atoms with Gasteiger partial charge in [0.1, 0.15) is 29.3 Å². The van der Waals surface area contributed by atoms with Crippen LogP contribution in [0.2, 0.25) is 0 Å². The third-order valence-electron chi connectivity index (χ3n) is 3.31. The quantitative estimate of drug-likeness (QED) is 0.901. The summed E-state index contributed by atoms with van der Waals surface area (Å²) in [4.78, 5) is 8.90. The highest BCUT2D eigenvalue weighted by Crippen LogP contribution is 2.39. The maximum atomic E-state index is 13.2. The molecule has 0 atom stereocenters. The zero-order valence-electron chi connectivity index (χ0n) is 11.5. The predicted octanol–water partition coefficient (Wildman–Crippen LogP) is 3.15. The van der Waals surface area contributed by atoms with Crippen LogP contribution in [-0.4, -0.2) is 17.0 Å². The number of hydrogen-bond acceptors (Lipinski definition) is 5. The van der Waals surface area contributed by atoms with Crippen molar-refractivity contribution in [1.82, 2.24) is 9.97 Å². The molecule has 106 valence electrons. The summed E-state index contributed by atoms with van der Waals surface area (Å²) < 4.78 is 13.2. The van der Waals surface area contributed by atoms with Gasteiger partial charge in [0, 0.05) is 19.0 Å². The van der Waals surface area contributed by atoms with Crippen LogP contribution in [0.4, 0.5) is 21.7 Å². The second-order valence-electron chi connectivity index (χ2n) is 4.95. The van der Waals surface area contributed by atoms with Gasteiger partial charge in [-0.05, 0) is 31.0 Å². The Balaban J connectivity index is 1.94. The van der Waals surface area contributed by atoms with Crippen molar-refractivity contribution < 1.29 is 4.39 Å². The molecule has 0 spiro atoms. The van der Waals surface area contributed by atoms with Crippen molar-refractivity contribution >= 4 is 17.3 Å². The third kappa shape index (κ3) is 2.92.